The van der Waals surface area contributed by atoms with Gasteiger partial charge in [-0.1, -0.05) is 0 Å². The summed E-state index contributed by atoms with van der Waals surface area (Å²) < 4.78 is 0. The van der Waals surface area contributed by atoms with Crippen LogP contribution >= 0.6 is 11.3 Å². The summed E-state index contributed by atoms with van der Waals surface area (Å²) in [6.07, 6.45) is 0.179. The van der Waals surface area contributed by atoms with Crippen LogP contribution in [0, 0.1) is 18.3 Å². The van der Waals surface area contributed by atoms with E-state index in [2.05, 4.69) is 4.98 Å². The van der Waals surface area contributed by atoms with Crippen molar-refractivity contribution < 1.29 is 9.90 Å². The summed E-state index contributed by atoms with van der Waals surface area (Å²) in [5.74, 6) is -0.978. The highest BCUT2D eigenvalue weighted by Gasteiger charge is 2.12. The second-order valence-corrected chi connectivity index (χ2v) is 3.25. The Morgan fingerprint density at radius 3 is 2.92 bits per heavy atom. The third kappa shape index (κ3) is 1.60. The number of carboxylic acids is 1. The molecule has 0 bridgehead atoms. The average molecular weight is 182 g/mol. The number of hydrogen-bond acceptors (Lipinski definition) is 4. The Morgan fingerprint density at radius 1 is 1.83 bits per heavy atom. The highest BCUT2D eigenvalue weighted by atomic mass is 32.1. The van der Waals surface area contributed by atoms with Gasteiger partial charge in [0, 0.05) is 0 Å². The lowest BCUT2D eigenvalue weighted by Crippen LogP contribution is -1.94. The van der Waals surface area contributed by atoms with Crippen molar-refractivity contribution in [2.75, 3.05) is 0 Å². The molecule has 0 radical (unpaired) electrons. The maximum atomic E-state index is 10.5. The number of aryl methyl sites for hydroxylation is 1. The Hall–Kier alpha value is -1.41. The van der Waals surface area contributed by atoms with Crippen LogP contribution in [0.25, 0.3) is 0 Å². The lowest BCUT2D eigenvalue weighted by atomic mass is 10.4. The summed E-state index contributed by atoms with van der Waals surface area (Å²) in [6.45, 7) is 1.63. The molecule has 0 atom stereocenters. The zero-order valence-corrected chi connectivity index (χ0v) is 7.18. The molecule has 1 rings (SSSR count). The minimum atomic E-state index is -0.978. The van der Waals surface area contributed by atoms with Crippen LogP contribution in [-0.4, -0.2) is 16.1 Å². The number of thiazole rings is 1. The molecule has 1 N–H and O–H groups in total. The number of carboxylic acid groups (broad SMARTS) is 1. The van der Waals surface area contributed by atoms with Gasteiger partial charge in [0.15, 0.2) is 0 Å². The van der Waals surface area contributed by atoms with Gasteiger partial charge in [-0.25, -0.2) is 9.78 Å². The number of hydrogen-bond donors (Lipinski definition) is 1. The maximum absolute atomic E-state index is 10.5. The fourth-order valence-corrected chi connectivity index (χ4v) is 1.63. The van der Waals surface area contributed by atoms with Crippen molar-refractivity contribution in [3.63, 3.8) is 0 Å². The first kappa shape index (κ1) is 8.68. The van der Waals surface area contributed by atoms with E-state index in [1.54, 1.807) is 6.92 Å². The van der Waals surface area contributed by atoms with Gasteiger partial charge in [-0.2, -0.15) is 5.26 Å². The second kappa shape index (κ2) is 3.32. The van der Waals surface area contributed by atoms with Crippen molar-refractivity contribution in [1.82, 2.24) is 4.98 Å². The monoisotopic (exact) mass is 182 g/mol. The minimum absolute atomic E-state index is 0.179. The van der Waals surface area contributed by atoms with Gasteiger partial charge in [0.2, 0.25) is 0 Å². The van der Waals surface area contributed by atoms with Crippen molar-refractivity contribution in [2.24, 2.45) is 0 Å². The Kier molecular flexibility index (Phi) is 2.41. The van der Waals surface area contributed by atoms with Gasteiger partial charge in [0.25, 0.3) is 0 Å². The van der Waals surface area contributed by atoms with Crippen molar-refractivity contribution in [1.29, 1.82) is 5.26 Å². The molecule has 0 amide bonds. The Labute approximate surface area is 73.1 Å². The van der Waals surface area contributed by atoms with E-state index >= 15 is 0 Å². The largest absolute Gasteiger partial charge is 0.477 e. The number of nitriles is 1. The summed E-state index contributed by atoms with van der Waals surface area (Å²) >= 11 is 1.06. The molecule has 0 aliphatic carbocycles. The minimum Gasteiger partial charge on any atom is -0.477 e. The fraction of sp³-hybridized carbons (Fsp3) is 0.286. The molecule has 0 aliphatic heterocycles. The Morgan fingerprint density at radius 2 is 2.50 bits per heavy atom. The van der Waals surface area contributed by atoms with E-state index in [1.807, 2.05) is 6.07 Å². The van der Waals surface area contributed by atoms with Gasteiger partial charge in [0.1, 0.15) is 9.88 Å². The number of aromatic carboxylic acids is 1. The van der Waals surface area contributed by atoms with Crippen molar-refractivity contribution >= 4 is 17.3 Å². The molecule has 0 unspecified atom stereocenters. The molecule has 0 aromatic carbocycles. The van der Waals surface area contributed by atoms with Crippen molar-refractivity contribution in [3.05, 3.63) is 15.6 Å². The average Bonchev–Trinajstić information content (AvgIpc) is 2.32. The van der Waals surface area contributed by atoms with E-state index in [0.29, 0.717) is 10.7 Å². The van der Waals surface area contributed by atoms with Crippen LogP contribution in [0.15, 0.2) is 0 Å². The first-order chi connectivity index (χ1) is 5.65. The SMILES string of the molecule is Cc1nc(CC#N)sc1C(=O)O. The highest BCUT2D eigenvalue weighted by Crippen LogP contribution is 2.17. The molecule has 12 heavy (non-hydrogen) atoms. The molecule has 5 heteroatoms. The molecule has 62 valence electrons. The molecule has 1 aromatic heterocycles. The third-order valence-electron chi connectivity index (χ3n) is 1.27. The first-order valence-electron chi connectivity index (χ1n) is 3.21. The van der Waals surface area contributed by atoms with Crippen LogP contribution < -0.4 is 0 Å². The summed E-state index contributed by atoms with van der Waals surface area (Å²) in [6, 6.07) is 1.92. The van der Waals surface area contributed by atoms with Crippen LogP contribution in [0.3, 0.4) is 0 Å². The molecule has 1 aromatic rings. The third-order valence-corrected chi connectivity index (χ3v) is 2.41. The van der Waals surface area contributed by atoms with Crippen molar-refractivity contribution in [3.8, 4) is 6.07 Å². The molecule has 4 nitrogen and oxygen atoms in total. The van der Waals surface area contributed by atoms with Crippen LogP contribution in [0.1, 0.15) is 20.4 Å². The standard InChI is InChI=1S/C7H6N2O2S/c1-4-6(7(10)11)12-5(9-4)2-3-8/h2H2,1H3,(H,10,11). The fourth-order valence-electron chi connectivity index (χ4n) is 0.794. The molecule has 0 saturated carbocycles. The topological polar surface area (TPSA) is 74.0 Å². The van der Waals surface area contributed by atoms with Crippen LogP contribution in [-0.2, 0) is 6.42 Å². The molecule has 0 saturated heterocycles. The first-order valence-corrected chi connectivity index (χ1v) is 4.03. The lowest BCUT2D eigenvalue weighted by molar-refractivity contribution is 0.0701. The predicted molar refractivity (Wildman–Crippen MR) is 43.1 cm³/mol. The van der Waals surface area contributed by atoms with Crippen LogP contribution in [0.4, 0.5) is 0 Å². The van der Waals surface area contributed by atoms with Gasteiger partial charge in [-0.3, -0.25) is 0 Å². The maximum Gasteiger partial charge on any atom is 0.347 e. The zero-order chi connectivity index (χ0) is 9.14. The van der Waals surface area contributed by atoms with Crippen molar-refractivity contribution in [2.45, 2.75) is 13.3 Å². The van der Waals surface area contributed by atoms with E-state index in [-0.39, 0.29) is 11.3 Å². The lowest BCUT2D eigenvalue weighted by Gasteiger charge is -1.84. The van der Waals surface area contributed by atoms with Crippen LogP contribution in [0.5, 0.6) is 0 Å². The molecular formula is C7H6N2O2S. The number of carbonyl (C=O) groups is 1. The smallest absolute Gasteiger partial charge is 0.347 e. The number of aromatic nitrogens is 1. The summed E-state index contributed by atoms with van der Waals surface area (Å²) in [4.78, 5) is 14.7. The summed E-state index contributed by atoms with van der Waals surface area (Å²) in [5.41, 5.74) is 0.484. The van der Waals surface area contributed by atoms with Gasteiger partial charge in [-0.15, -0.1) is 11.3 Å². The van der Waals surface area contributed by atoms with E-state index in [4.69, 9.17) is 10.4 Å². The highest BCUT2D eigenvalue weighted by molar-refractivity contribution is 7.13. The Balaban J connectivity index is 3.02. The molecule has 0 aliphatic rings. The van der Waals surface area contributed by atoms with Gasteiger partial charge in [0.05, 0.1) is 18.2 Å². The molecule has 0 fully saturated rings. The number of nitrogens with zero attached hydrogens (tertiary/aromatic N) is 2. The normalized spacial score (nSPS) is 9.33. The molecular weight excluding hydrogens is 176 g/mol. The van der Waals surface area contributed by atoms with E-state index < -0.39 is 5.97 Å². The predicted octanol–water partition coefficient (Wildman–Crippen LogP) is 1.22. The van der Waals surface area contributed by atoms with Crippen LogP contribution in [0.2, 0.25) is 0 Å². The van der Waals surface area contributed by atoms with E-state index in [0.717, 1.165) is 11.3 Å². The van der Waals surface area contributed by atoms with E-state index in [1.165, 1.54) is 0 Å². The molecule has 0 spiro atoms. The summed E-state index contributed by atoms with van der Waals surface area (Å²) in [5, 5.41) is 17.5. The Bertz CT molecular complexity index is 351. The quantitative estimate of drug-likeness (QED) is 0.746. The van der Waals surface area contributed by atoms with Gasteiger partial charge < -0.3 is 5.11 Å². The summed E-state index contributed by atoms with van der Waals surface area (Å²) in [7, 11) is 0. The second-order valence-electron chi connectivity index (χ2n) is 2.16. The van der Waals surface area contributed by atoms with Gasteiger partial charge >= 0.3 is 5.97 Å². The van der Waals surface area contributed by atoms with Gasteiger partial charge in [-0.05, 0) is 6.92 Å². The molecule has 1 heterocycles. The number of rotatable bonds is 2. The van der Waals surface area contributed by atoms with E-state index in [9.17, 15) is 4.79 Å². The zero-order valence-electron chi connectivity index (χ0n) is 6.37.